The zero-order valence-electron chi connectivity index (χ0n) is 11.9. The van der Waals surface area contributed by atoms with Crippen LogP contribution in [0.3, 0.4) is 0 Å². The summed E-state index contributed by atoms with van der Waals surface area (Å²) < 4.78 is 2.28. The lowest BCUT2D eigenvalue weighted by Crippen LogP contribution is -2.37. The average molecular weight is 263 g/mol. The van der Waals surface area contributed by atoms with Crippen LogP contribution in [0.1, 0.15) is 37.8 Å². The van der Waals surface area contributed by atoms with Crippen molar-refractivity contribution in [2.75, 3.05) is 19.6 Å². The van der Waals surface area contributed by atoms with Gasteiger partial charge in [-0.15, -0.1) is 10.2 Å². The van der Waals surface area contributed by atoms with Gasteiger partial charge in [-0.25, -0.2) is 0 Å². The Morgan fingerprint density at radius 3 is 3.00 bits per heavy atom. The van der Waals surface area contributed by atoms with Gasteiger partial charge in [0.1, 0.15) is 11.6 Å². The van der Waals surface area contributed by atoms with Gasteiger partial charge in [0.2, 0.25) is 0 Å². The summed E-state index contributed by atoms with van der Waals surface area (Å²) in [6, 6.07) is 0.278. The molecule has 0 bridgehead atoms. The van der Waals surface area contributed by atoms with Crippen LogP contribution in [-0.2, 0) is 19.4 Å². The van der Waals surface area contributed by atoms with E-state index in [4.69, 9.17) is 5.73 Å². The highest BCUT2D eigenvalue weighted by molar-refractivity contribution is 5.02. The largest absolute Gasteiger partial charge is 0.326 e. The van der Waals surface area contributed by atoms with Crippen LogP contribution >= 0.6 is 0 Å². The standard InChI is InChI=1S/C14H25N5/c1-2-18-7-3-4-11(9-18)8-14-17-16-13-6-5-12(15)10-19(13)14/h11-12H,2-10,15H2,1H3. The monoisotopic (exact) mass is 263 g/mol. The molecule has 0 spiro atoms. The highest BCUT2D eigenvalue weighted by Gasteiger charge is 2.24. The van der Waals surface area contributed by atoms with Crippen molar-refractivity contribution < 1.29 is 0 Å². The second kappa shape index (κ2) is 5.59. The molecule has 1 aromatic heterocycles. The molecule has 2 N–H and O–H groups in total. The van der Waals surface area contributed by atoms with Gasteiger partial charge in [-0.2, -0.15) is 0 Å². The van der Waals surface area contributed by atoms with Crippen molar-refractivity contribution in [1.82, 2.24) is 19.7 Å². The van der Waals surface area contributed by atoms with Gasteiger partial charge in [0.25, 0.3) is 0 Å². The Bertz CT molecular complexity index is 427. The van der Waals surface area contributed by atoms with E-state index in [2.05, 4.69) is 26.6 Å². The SMILES string of the molecule is CCN1CCCC(Cc2nnc3n2CC(N)CC3)C1. The van der Waals surface area contributed by atoms with E-state index in [1.54, 1.807) is 0 Å². The van der Waals surface area contributed by atoms with Gasteiger partial charge in [0.05, 0.1) is 0 Å². The van der Waals surface area contributed by atoms with Gasteiger partial charge in [0, 0.05) is 32.0 Å². The molecule has 2 unspecified atom stereocenters. The van der Waals surface area contributed by atoms with E-state index >= 15 is 0 Å². The molecule has 2 aliphatic rings. The van der Waals surface area contributed by atoms with Crippen molar-refractivity contribution in [1.29, 1.82) is 0 Å². The third kappa shape index (κ3) is 2.82. The van der Waals surface area contributed by atoms with E-state index < -0.39 is 0 Å². The Kier molecular flexibility index (Phi) is 3.84. The first-order valence-corrected chi connectivity index (χ1v) is 7.65. The summed E-state index contributed by atoms with van der Waals surface area (Å²) in [6.45, 7) is 6.79. The van der Waals surface area contributed by atoms with Crippen LogP contribution in [0, 0.1) is 5.92 Å². The molecule has 3 heterocycles. The number of nitrogens with two attached hydrogens (primary N) is 1. The predicted molar refractivity (Wildman–Crippen MR) is 74.9 cm³/mol. The topological polar surface area (TPSA) is 60.0 Å². The van der Waals surface area contributed by atoms with E-state index in [1.807, 2.05) is 0 Å². The van der Waals surface area contributed by atoms with Gasteiger partial charge >= 0.3 is 0 Å². The summed E-state index contributed by atoms with van der Waals surface area (Å²) in [6.07, 6.45) is 5.74. The number of piperidine rings is 1. The third-order valence-electron chi connectivity index (χ3n) is 4.58. The van der Waals surface area contributed by atoms with Crippen LogP contribution < -0.4 is 5.73 Å². The molecule has 5 nitrogen and oxygen atoms in total. The molecule has 106 valence electrons. The number of aromatic nitrogens is 3. The first kappa shape index (κ1) is 13.1. The van der Waals surface area contributed by atoms with Crippen molar-refractivity contribution in [3.05, 3.63) is 11.6 Å². The number of hydrogen-bond donors (Lipinski definition) is 1. The molecule has 0 aromatic carbocycles. The Morgan fingerprint density at radius 2 is 2.16 bits per heavy atom. The average Bonchev–Trinajstić information content (AvgIpc) is 2.81. The molecule has 0 radical (unpaired) electrons. The van der Waals surface area contributed by atoms with E-state index in [-0.39, 0.29) is 6.04 Å². The van der Waals surface area contributed by atoms with Gasteiger partial charge in [-0.05, 0) is 38.3 Å². The summed E-state index contributed by atoms with van der Waals surface area (Å²) >= 11 is 0. The number of rotatable bonds is 3. The molecule has 0 amide bonds. The lowest BCUT2D eigenvalue weighted by Gasteiger charge is -2.32. The zero-order valence-corrected chi connectivity index (χ0v) is 11.9. The van der Waals surface area contributed by atoms with Crippen LogP contribution in [0.25, 0.3) is 0 Å². The number of fused-ring (bicyclic) bond motifs is 1. The van der Waals surface area contributed by atoms with Crippen LogP contribution in [0.4, 0.5) is 0 Å². The molecular weight excluding hydrogens is 238 g/mol. The van der Waals surface area contributed by atoms with Crippen LogP contribution in [0.5, 0.6) is 0 Å². The normalized spacial score (nSPS) is 28.3. The maximum absolute atomic E-state index is 6.07. The Labute approximate surface area is 115 Å². The van der Waals surface area contributed by atoms with Gasteiger partial charge < -0.3 is 15.2 Å². The highest BCUT2D eigenvalue weighted by Crippen LogP contribution is 2.22. The highest BCUT2D eigenvalue weighted by atomic mass is 15.3. The Hall–Kier alpha value is -0.940. The van der Waals surface area contributed by atoms with Crippen molar-refractivity contribution in [2.24, 2.45) is 11.7 Å². The fraction of sp³-hybridized carbons (Fsp3) is 0.857. The lowest BCUT2D eigenvalue weighted by atomic mass is 9.94. The van der Waals surface area contributed by atoms with Crippen molar-refractivity contribution in [2.45, 2.75) is 51.6 Å². The van der Waals surface area contributed by atoms with Crippen molar-refractivity contribution >= 4 is 0 Å². The molecule has 1 fully saturated rings. The summed E-state index contributed by atoms with van der Waals surface area (Å²) in [7, 11) is 0. The van der Waals surface area contributed by atoms with E-state index in [0.717, 1.165) is 43.4 Å². The molecule has 1 saturated heterocycles. The molecule has 0 saturated carbocycles. The Balaban J connectivity index is 1.68. The summed E-state index contributed by atoms with van der Waals surface area (Å²) in [5, 5.41) is 8.76. The number of hydrogen-bond acceptors (Lipinski definition) is 4. The quantitative estimate of drug-likeness (QED) is 0.877. The maximum atomic E-state index is 6.07. The number of nitrogens with zero attached hydrogens (tertiary/aromatic N) is 4. The fourth-order valence-electron chi connectivity index (χ4n) is 3.42. The number of likely N-dealkylation sites (tertiary alicyclic amines) is 1. The molecule has 5 heteroatoms. The minimum absolute atomic E-state index is 0.278. The minimum Gasteiger partial charge on any atom is -0.326 e. The second-order valence-electron chi connectivity index (χ2n) is 6.05. The van der Waals surface area contributed by atoms with Crippen molar-refractivity contribution in [3.63, 3.8) is 0 Å². The molecule has 2 atom stereocenters. The van der Waals surface area contributed by atoms with Gasteiger partial charge in [-0.3, -0.25) is 0 Å². The van der Waals surface area contributed by atoms with Crippen LogP contribution in [0.15, 0.2) is 0 Å². The van der Waals surface area contributed by atoms with Crippen molar-refractivity contribution in [3.8, 4) is 0 Å². The predicted octanol–water partition coefficient (Wildman–Crippen LogP) is 0.826. The fourth-order valence-corrected chi connectivity index (χ4v) is 3.42. The lowest BCUT2D eigenvalue weighted by molar-refractivity contribution is 0.179. The van der Waals surface area contributed by atoms with Crippen LogP contribution in [0.2, 0.25) is 0 Å². The van der Waals surface area contributed by atoms with E-state index in [1.165, 1.54) is 32.5 Å². The smallest absolute Gasteiger partial charge is 0.133 e. The molecular formula is C14H25N5. The molecule has 1 aromatic rings. The summed E-state index contributed by atoms with van der Waals surface area (Å²) in [5.41, 5.74) is 6.07. The van der Waals surface area contributed by atoms with E-state index in [0.29, 0.717) is 0 Å². The Morgan fingerprint density at radius 1 is 1.26 bits per heavy atom. The first-order chi connectivity index (χ1) is 9.26. The molecule has 3 rings (SSSR count). The minimum atomic E-state index is 0.278. The van der Waals surface area contributed by atoms with Gasteiger partial charge in [-0.1, -0.05) is 6.92 Å². The summed E-state index contributed by atoms with van der Waals surface area (Å²) in [5.74, 6) is 3.04. The third-order valence-corrected chi connectivity index (χ3v) is 4.58. The zero-order chi connectivity index (χ0) is 13.2. The van der Waals surface area contributed by atoms with Crippen LogP contribution in [-0.4, -0.2) is 45.3 Å². The van der Waals surface area contributed by atoms with E-state index in [9.17, 15) is 0 Å². The molecule has 0 aliphatic carbocycles. The number of aryl methyl sites for hydroxylation is 1. The van der Waals surface area contributed by atoms with Gasteiger partial charge in [0.15, 0.2) is 0 Å². The first-order valence-electron chi connectivity index (χ1n) is 7.65. The second-order valence-corrected chi connectivity index (χ2v) is 6.05. The molecule has 2 aliphatic heterocycles. The summed E-state index contributed by atoms with van der Waals surface area (Å²) in [4.78, 5) is 2.55. The molecule has 19 heavy (non-hydrogen) atoms. The maximum Gasteiger partial charge on any atom is 0.133 e.